The molecule has 0 spiro atoms. The molecule has 1 aliphatic rings. The normalized spacial score (nSPS) is 16.9. The van der Waals surface area contributed by atoms with Crippen molar-refractivity contribution in [3.63, 3.8) is 0 Å². The molecule has 1 aliphatic heterocycles. The van der Waals surface area contributed by atoms with Crippen LogP contribution in [0.4, 0.5) is 4.39 Å². The summed E-state index contributed by atoms with van der Waals surface area (Å²) in [5.74, 6) is -0.572. The summed E-state index contributed by atoms with van der Waals surface area (Å²) in [6.07, 6.45) is 2.84. The van der Waals surface area contributed by atoms with Crippen LogP contribution in [0.1, 0.15) is 48.3 Å². The van der Waals surface area contributed by atoms with E-state index in [0.29, 0.717) is 30.4 Å². The number of carbonyl (C=O) groups excluding carboxylic acids is 1. The molecule has 1 fully saturated rings. The summed E-state index contributed by atoms with van der Waals surface area (Å²) in [6.45, 7) is 10.4. The molecule has 0 amide bonds. The van der Waals surface area contributed by atoms with Gasteiger partial charge in [0.2, 0.25) is 5.88 Å². The number of esters is 1. The van der Waals surface area contributed by atoms with Crippen molar-refractivity contribution in [2.75, 3.05) is 34.0 Å². The Balaban J connectivity index is 0.00000176. The van der Waals surface area contributed by atoms with E-state index in [-0.39, 0.29) is 29.9 Å². The van der Waals surface area contributed by atoms with E-state index in [2.05, 4.69) is 10.1 Å². The minimum atomic E-state index is -0.564. The molecule has 3 aromatic rings. The van der Waals surface area contributed by atoms with Crippen LogP contribution in [0, 0.1) is 19.7 Å². The third-order valence-electron chi connectivity index (χ3n) is 6.08. The van der Waals surface area contributed by atoms with Crippen molar-refractivity contribution < 1.29 is 28.1 Å². The second-order valence-electron chi connectivity index (χ2n) is 8.10. The molecule has 0 aliphatic carbocycles. The van der Waals surface area contributed by atoms with Gasteiger partial charge in [-0.05, 0) is 49.6 Å². The van der Waals surface area contributed by atoms with Crippen molar-refractivity contribution >= 4 is 5.97 Å². The maximum Gasteiger partial charge on any atom is 0.341 e. The van der Waals surface area contributed by atoms with Gasteiger partial charge in [-0.1, -0.05) is 19.9 Å². The summed E-state index contributed by atoms with van der Waals surface area (Å²) < 4.78 is 39.0. The Labute approximate surface area is 211 Å². The first-order valence-corrected chi connectivity index (χ1v) is 12.1. The molecule has 4 rings (SSSR count). The van der Waals surface area contributed by atoms with Gasteiger partial charge < -0.3 is 18.9 Å². The van der Waals surface area contributed by atoms with Gasteiger partial charge in [-0.25, -0.2) is 14.2 Å². The molecule has 1 aromatic carbocycles. The molecule has 9 heteroatoms. The average molecular weight is 500 g/mol. The van der Waals surface area contributed by atoms with Crippen molar-refractivity contribution in [2.24, 2.45) is 0 Å². The number of aromatic nitrogens is 3. The molecule has 0 unspecified atom stereocenters. The predicted octanol–water partition coefficient (Wildman–Crippen LogP) is 5.17. The van der Waals surface area contributed by atoms with Crippen molar-refractivity contribution in [2.45, 2.75) is 46.8 Å². The molecular formula is C27H34FN3O5. The highest BCUT2D eigenvalue weighted by molar-refractivity contribution is 5.96. The molecular weight excluding hydrogens is 465 g/mol. The Morgan fingerprint density at radius 1 is 1.19 bits per heavy atom. The molecule has 0 saturated carbocycles. The Morgan fingerprint density at radius 2 is 1.94 bits per heavy atom. The van der Waals surface area contributed by atoms with Crippen molar-refractivity contribution in [3.05, 3.63) is 53.1 Å². The standard InChI is InChI=1S/C25H28FN3O5.C2H6/c1-6-34-25(30)18-11-28-29(20-12-33-13-21(20)31-4)23(18)17-8-7-16(9-19(17)26)22-14(2)10-27-24(32-5)15(22)3;1-2/h7-11,20-21H,6,12-13H2,1-5H3;1-2H3/t20-,21-;/m1./s1. The smallest absolute Gasteiger partial charge is 0.341 e. The van der Waals surface area contributed by atoms with Gasteiger partial charge in [-0.2, -0.15) is 5.10 Å². The zero-order valence-corrected chi connectivity index (χ0v) is 21.9. The number of methoxy groups -OCH3 is 2. The van der Waals surface area contributed by atoms with Gasteiger partial charge in [0, 0.05) is 24.4 Å². The van der Waals surface area contributed by atoms with Crippen molar-refractivity contribution in [3.8, 4) is 28.3 Å². The van der Waals surface area contributed by atoms with E-state index in [0.717, 1.165) is 16.7 Å². The van der Waals surface area contributed by atoms with Gasteiger partial charge >= 0.3 is 5.97 Å². The average Bonchev–Trinajstić information content (AvgIpc) is 3.52. The summed E-state index contributed by atoms with van der Waals surface area (Å²) in [5.41, 5.74) is 4.00. The zero-order chi connectivity index (χ0) is 26.4. The molecule has 3 heterocycles. The fourth-order valence-corrected chi connectivity index (χ4v) is 4.45. The molecule has 8 nitrogen and oxygen atoms in total. The monoisotopic (exact) mass is 499 g/mol. The van der Waals surface area contributed by atoms with Crippen LogP contribution in [0.2, 0.25) is 0 Å². The van der Waals surface area contributed by atoms with Crippen LogP contribution < -0.4 is 4.74 Å². The number of rotatable bonds is 7. The SMILES string of the molecule is CC.CCOC(=O)c1cnn([C@@H]2COC[C@H]2OC)c1-c1ccc(-c2c(C)cnc(OC)c2C)cc1F. The highest BCUT2D eigenvalue weighted by Crippen LogP contribution is 2.37. The Morgan fingerprint density at radius 3 is 2.58 bits per heavy atom. The Bertz CT molecular complexity index is 1210. The predicted molar refractivity (Wildman–Crippen MR) is 135 cm³/mol. The van der Waals surface area contributed by atoms with Crippen LogP contribution in [0.5, 0.6) is 5.88 Å². The lowest BCUT2D eigenvalue weighted by molar-refractivity contribution is 0.0526. The number of hydrogen-bond acceptors (Lipinski definition) is 7. The first kappa shape index (κ1) is 27.3. The number of aryl methyl sites for hydroxylation is 1. The molecule has 0 bridgehead atoms. The third-order valence-corrected chi connectivity index (χ3v) is 6.08. The summed E-state index contributed by atoms with van der Waals surface area (Å²) in [7, 11) is 3.14. The molecule has 1 saturated heterocycles. The van der Waals surface area contributed by atoms with Gasteiger partial charge in [0.05, 0.1) is 38.8 Å². The van der Waals surface area contributed by atoms with Gasteiger partial charge in [-0.15, -0.1) is 0 Å². The molecule has 0 radical (unpaired) electrons. The molecule has 2 atom stereocenters. The van der Waals surface area contributed by atoms with E-state index in [9.17, 15) is 4.79 Å². The van der Waals surface area contributed by atoms with E-state index < -0.39 is 11.8 Å². The maximum absolute atomic E-state index is 15.7. The highest BCUT2D eigenvalue weighted by Gasteiger charge is 2.35. The molecule has 2 aromatic heterocycles. The van der Waals surface area contributed by atoms with E-state index in [1.165, 1.54) is 12.3 Å². The van der Waals surface area contributed by atoms with Crippen molar-refractivity contribution in [1.82, 2.24) is 14.8 Å². The Kier molecular flexibility index (Phi) is 9.17. The summed E-state index contributed by atoms with van der Waals surface area (Å²) in [6, 6.07) is 4.62. The van der Waals surface area contributed by atoms with Crippen LogP contribution >= 0.6 is 0 Å². The summed E-state index contributed by atoms with van der Waals surface area (Å²) in [5, 5.41) is 4.41. The second-order valence-corrected chi connectivity index (χ2v) is 8.10. The van der Waals surface area contributed by atoms with E-state index >= 15 is 4.39 Å². The fraction of sp³-hybridized carbons (Fsp3) is 0.444. The van der Waals surface area contributed by atoms with Crippen LogP contribution in [0.25, 0.3) is 22.4 Å². The number of hydrogen-bond donors (Lipinski definition) is 0. The van der Waals surface area contributed by atoms with E-state index in [1.54, 1.807) is 38.1 Å². The lowest BCUT2D eigenvalue weighted by Gasteiger charge is -2.20. The summed E-state index contributed by atoms with van der Waals surface area (Å²) >= 11 is 0. The number of benzene rings is 1. The van der Waals surface area contributed by atoms with E-state index in [4.69, 9.17) is 18.9 Å². The van der Waals surface area contributed by atoms with Crippen LogP contribution in [-0.2, 0) is 14.2 Å². The molecule has 36 heavy (non-hydrogen) atoms. The second kappa shape index (κ2) is 12.1. The minimum absolute atomic E-state index is 0.188. The first-order valence-electron chi connectivity index (χ1n) is 12.1. The van der Waals surface area contributed by atoms with Crippen LogP contribution in [-0.4, -0.2) is 60.9 Å². The maximum atomic E-state index is 15.7. The molecule has 194 valence electrons. The topological polar surface area (TPSA) is 84.7 Å². The van der Waals surface area contributed by atoms with Gasteiger partial charge in [-0.3, -0.25) is 4.68 Å². The molecule has 0 N–H and O–H groups in total. The minimum Gasteiger partial charge on any atom is -0.481 e. The van der Waals surface area contributed by atoms with Gasteiger partial charge in [0.15, 0.2) is 0 Å². The Hall–Kier alpha value is -3.30. The third kappa shape index (κ3) is 5.12. The number of halogens is 1. The largest absolute Gasteiger partial charge is 0.481 e. The summed E-state index contributed by atoms with van der Waals surface area (Å²) in [4.78, 5) is 17.0. The van der Waals surface area contributed by atoms with Crippen LogP contribution in [0.3, 0.4) is 0 Å². The van der Waals surface area contributed by atoms with Crippen molar-refractivity contribution in [1.29, 1.82) is 0 Å². The van der Waals surface area contributed by atoms with Crippen LogP contribution in [0.15, 0.2) is 30.6 Å². The van der Waals surface area contributed by atoms with Gasteiger partial charge in [0.1, 0.15) is 23.5 Å². The number of pyridine rings is 1. The number of carbonyl (C=O) groups is 1. The van der Waals surface area contributed by atoms with E-state index in [1.807, 2.05) is 33.8 Å². The number of ether oxygens (including phenoxy) is 4. The lowest BCUT2D eigenvalue weighted by atomic mass is 9.95. The quantitative estimate of drug-likeness (QED) is 0.415. The first-order chi connectivity index (χ1) is 17.4. The zero-order valence-electron chi connectivity index (χ0n) is 21.9. The number of nitrogens with zero attached hydrogens (tertiary/aromatic N) is 3. The lowest BCUT2D eigenvalue weighted by Crippen LogP contribution is -2.26. The fourth-order valence-electron chi connectivity index (χ4n) is 4.45. The highest BCUT2D eigenvalue weighted by atomic mass is 19.1. The van der Waals surface area contributed by atoms with Gasteiger partial charge in [0.25, 0.3) is 0 Å².